The standard InChI is InChI=1S/C22H32N2O6/c1-15(2)12-17(13-29-14-19(25)24-28)21(26)23-20(16-8-4-3-5-9-16)22(27)30-18-10-6-7-11-18/h3-5,8-9,15,17-18,20,28H,6-7,10-14H2,1-2H3,(H,23,26)(H,24,25)/t17-,20+/m1/s1. The van der Waals surface area contributed by atoms with E-state index < -0.39 is 23.8 Å². The van der Waals surface area contributed by atoms with E-state index in [4.69, 9.17) is 14.7 Å². The molecule has 0 saturated heterocycles. The number of amides is 2. The number of hydrogen-bond acceptors (Lipinski definition) is 6. The lowest BCUT2D eigenvalue weighted by molar-refractivity contribution is -0.153. The van der Waals surface area contributed by atoms with Crippen LogP contribution in [-0.4, -0.2) is 42.3 Å². The van der Waals surface area contributed by atoms with Crippen LogP contribution in [0.3, 0.4) is 0 Å². The van der Waals surface area contributed by atoms with Crippen LogP contribution in [0.15, 0.2) is 30.3 Å². The summed E-state index contributed by atoms with van der Waals surface area (Å²) in [6, 6.07) is 8.10. The molecule has 1 aliphatic carbocycles. The van der Waals surface area contributed by atoms with Crippen molar-refractivity contribution in [1.82, 2.24) is 10.8 Å². The van der Waals surface area contributed by atoms with Crippen molar-refractivity contribution in [3.8, 4) is 0 Å². The highest BCUT2D eigenvalue weighted by atomic mass is 16.5. The third kappa shape index (κ3) is 7.76. The van der Waals surface area contributed by atoms with Gasteiger partial charge in [-0.1, -0.05) is 44.2 Å². The van der Waals surface area contributed by atoms with E-state index in [1.807, 2.05) is 19.9 Å². The van der Waals surface area contributed by atoms with Gasteiger partial charge in [-0.05, 0) is 43.6 Å². The first kappa shape index (κ1) is 23.8. The molecule has 1 aliphatic rings. The summed E-state index contributed by atoms with van der Waals surface area (Å²) in [6.45, 7) is 3.59. The predicted molar refractivity (Wildman–Crippen MR) is 109 cm³/mol. The lowest BCUT2D eigenvalue weighted by atomic mass is 9.96. The first-order valence-corrected chi connectivity index (χ1v) is 10.5. The highest BCUT2D eigenvalue weighted by Gasteiger charge is 2.31. The Labute approximate surface area is 177 Å². The monoisotopic (exact) mass is 420 g/mol. The number of hydroxylamine groups is 1. The fraction of sp³-hybridized carbons (Fsp3) is 0.591. The van der Waals surface area contributed by atoms with E-state index in [2.05, 4.69) is 5.32 Å². The maximum Gasteiger partial charge on any atom is 0.333 e. The fourth-order valence-corrected chi connectivity index (χ4v) is 3.57. The van der Waals surface area contributed by atoms with Gasteiger partial charge in [0.1, 0.15) is 12.7 Å². The molecule has 0 bridgehead atoms. The van der Waals surface area contributed by atoms with Gasteiger partial charge in [0.2, 0.25) is 5.91 Å². The fourth-order valence-electron chi connectivity index (χ4n) is 3.57. The first-order chi connectivity index (χ1) is 14.4. The zero-order valence-electron chi connectivity index (χ0n) is 17.6. The zero-order chi connectivity index (χ0) is 21.9. The summed E-state index contributed by atoms with van der Waals surface area (Å²) in [5.74, 6) is -1.85. The van der Waals surface area contributed by atoms with Gasteiger partial charge in [0.25, 0.3) is 5.91 Å². The van der Waals surface area contributed by atoms with Crippen molar-refractivity contribution in [3.63, 3.8) is 0 Å². The summed E-state index contributed by atoms with van der Waals surface area (Å²) < 4.78 is 10.9. The lowest BCUT2D eigenvalue weighted by Crippen LogP contribution is -2.41. The summed E-state index contributed by atoms with van der Waals surface area (Å²) in [6.07, 6.45) is 4.18. The van der Waals surface area contributed by atoms with Gasteiger partial charge in [-0.25, -0.2) is 10.3 Å². The average molecular weight is 421 g/mol. The van der Waals surface area contributed by atoms with Crippen molar-refractivity contribution in [2.24, 2.45) is 11.8 Å². The van der Waals surface area contributed by atoms with Gasteiger partial charge in [-0.2, -0.15) is 0 Å². The summed E-state index contributed by atoms with van der Waals surface area (Å²) in [5, 5.41) is 11.4. The van der Waals surface area contributed by atoms with Crippen LogP contribution < -0.4 is 10.8 Å². The van der Waals surface area contributed by atoms with E-state index in [0.29, 0.717) is 12.0 Å². The van der Waals surface area contributed by atoms with Crippen molar-refractivity contribution in [1.29, 1.82) is 0 Å². The molecule has 166 valence electrons. The van der Waals surface area contributed by atoms with Crippen LogP contribution in [0.25, 0.3) is 0 Å². The second kappa shape index (κ2) is 12.3. The quantitative estimate of drug-likeness (QED) is 0.288. The molecule has 2 atom stereocenters. The minimum atomic E-state index is -0.908. The van der Waals surface area contributed by atoms with E-state index in [1.54, 1.807) is 24.3 Å². The van der Waals surface area contributed by atoms with E-state index >= 15 is 0 Å². The normalized spacial score (nSPS) is 16.1. The molecule has 30 heavy (non-hydrogen) atoms. The molecule has 0 radical (unpaired) electrons. The van der Waals surface area contributed by atoms with E-state index in [9.17, 15) is 14.4 Å². The Bertz CT molecular complexity index is 688. The number of ether oxygens (including phenoxy) is 2. The van der Waals surface area contributed by atoms with E-state index in [0.717, 1.165) is 25.7 Å². The molecule has 1 saturated carbocycles. The number of hydrogen-bond donors (Lipinski definition) is 3. The third-order valence-electron chi connectivity index (χ3n) is 5.04. The maximum absolute atomic E-state index is 13.0. The number of carbonyl (C=O) groups is 3. The molecule has 0 aromatic heterocycles. The number of carbonyl (C=O) groups excluding carboxylic acids is 3. The number of rotatable bonds is 11. The summed E-state index contributed by atoms with van der Waals surface area (Å²) >= 11 is 0. The molecule has 0 aliphatic heterocycles. The lowest BCUT2D eigenvalue weighted by Gasteiger charge is -2.24. The molecular formula is C22H32N2O6. The minimum Gasteiger partial charge on any atom is -0.461 e. The predicted octanol–water partition coefficient (Wildman–Crippen LogP) is 2.51. The first-order valence-electron chi connectivity index (χ1n) is 10.5. The minimum absolute atomic E-state index is 0.00336. The van der Waals surface area contributed by atoms with Gasteiger partial charge < -0.3 is 14.8 Å². The van der Waals surface area contributed by atoms with Crippen molar-refractivity contribution in [3.05, 3.63) is 35.9 Å². The van der Waals surface area contributed by atoms with Crippen LogP contribution in [0.1, 0.15) is 57.6 Å². The van der Waals surface area contributed by atoms with Gasteiger partial charge in [-0.3, -0.25) is 14.8 Å². The van der Waals surface area contributed by atoms with E-state index in [1.165, 1.54) is 5.48 Å². The van der Waals surface area contributed by atoms with Crippen molar-refractivity contribution < 1.29 is 29.1 Å². The smallest absolute Gasteiger partial charge is 0.333 e. The topological polar surface area (TPSA) is 114 Å². The number of nitrogens with one attached hydrogen (secondary N) is 2. The van der Waals surface area contributed by atoms with Gasteiger partial charge in [0.15, 0.2) is 6.04 Å². The van der Waals surface area contributed by atoms with Gasteiger partial charge in [0.05, 0.1) is 12.5 Å². The maximum atomic E-state index is 13.0. The van der Waals surface area contributed by atoms with Crippen LogP contribution in [0.4, 0.5) is 0 Å². The Kier molecular flexibility index (Phi) is 9.76. The average Bonchev–Trinajstić information content (AvgIpc) is 3.24. The highest BCUT2D eigenvalue weighted by molar-refractivity contribution is 5.87. The van der Waals surface area contributed by atoms with Crippen LogP contribution in [0.5, 0.6) is 0 Å². The Hall–Kier alpha value is -2.45. The molecule has 0 heterocycles. The number of esters is 1. The Morgan fingerprint density at radius 3 is 2.40 bits per heavy atom. The third-order valence-corrected chi connectivity index (χ3v) is 5.04. The van der Waals surface area contributed by atoms with Gasteiger partial charge >= 0.3 is 5.97 Å². The molecule has 0 spiro atoms. The molecule has 1 fully saturated rings. The summed E-state index contributed by atoms with van der Waals surface area (Å²) in [4.78, 5) is 37.0. The largest absolute Gasteiger partial charge is 0.461 e. The SMILES string of the molecule is CC(C)C[C@H](COCC(=O)NO)C(=O)N[C@H](C(=O)OC1CCCC1)c1ccccc1. The Morgan fingerprint density at radius 1 is 1.13 bits per heavy atom. The Balaban J connectivity index is 2.08. The molecule has 8 nitrogen and oxygen atoms in total. The van der Waals surface area contributed by atoms with Crippen LogP contribution in [-0.2, 0) is 23.9 Å². The molecule has 3 N–H and O–H groups in total. The van der Waals surface area contributed by atoms with Crippen molar-refractivity contribution in [2.75, 3.05) is 13.2 Å². The molecule has 2 amide bonds. The molecule has 1 aromatic rings. The Morgan fingerprint density at radius 2 is 1.80 bits per heavy atom. The zero-order valence-corrected chi connectivity index (χ0v) is 17.6. The van der Waals surface area contributed by atoms with Gasteiger partial charge in [-0.15, -0.1) is 0 Å². The molecule has 8 heteroatoms. The number of benzene rings is 1. The van der Waals surface area contributed by atoms with Crippen LogP contribution in [0.2, 0.25) is 0 Å². The van der Waals surface area contributed by atoms with Crippen molar-refractivity contribution in [2.45, 2.75) is 58.1 Å². The van der Waals surface area contributed by atoms with Gasteiger partial charge in [0, 0.05) is 0 Å². The molecule has 0 unspecified atom stereocenters. The second-order valence-electron chi connectivity index (χ2n) is 8.07. The molecule has 1 aromatic carbocycles. The highest BCUT2D eigenvalue weighted by Crippen LogP contribution is 2.24. The van der Waals surface area contributed by atoms with Crippen LogP contribution in [0, 0.1) is 11.8 Å². The second-order valence-corrected chi connectivity index (χ2v) is 8.07. The molecular weight excluding hydrogens is 388 g/mol. The van der Waals surface area contributed by atoms with E-state index in [-0.39, 0.29) is 31.1 Å². The van der Waals surface area contributed by atoms with Crippen LogP contribution >= 0.6 is 0 Å². The summed E-state index contributed by atoms with van der Waals surface area (Å²) in [5.41, 5.74) is 2.14. The molecule has 2 rings (SSSR count). The van der Waals surface area contributed by atoms with Crippen molar-refractivity contribution >= 4 is 17.8 Å². The summed E-state index contributed by atoms with van der Waals surface area (Å²) in [7, 11) is 0.